The SMILES string of the molecule is COC(=O)CCN1C(=S)N[C@@H](c2ccccn2)[C@@H]1c1cccn1-c1ccc(C)cc1. The number of ether oxygens (including phenoxy) is 1. The minimum Gasteiger partial charge on any atom is -0.469 e. The Balaban J connectivity index is 1.75. The second kappa shape index (κ2) is 8.67. The fraction of sp³-hybridized carbons (Fsp3) is 0.261. The number of nitrogens with zero attached hydrogens (tertiary/aromatic N) is 3. The molecule has 0 saturated carbocycles. The highest BCUT2D eigenvalue weighted by molar-refractivity contribution is 7.80. The number of aryl methyl sites for hydroxylation is 1. The summed E-state index contributed by atoms with van der Waals surface area (Å²) in [6.45, 7) is 2.54. The Hall–Kier alpha value is -3.19. The molecule has 30 heavy (non-hydrogen) atoms. The Morgan fingerprint density at radius 2 is 1.97 bits per heavy atom. The number of nitrogens with one attached hydrogen (secondary N) is 1. The summed E-state index contributed by atoms with van der Waals surface area (Å²) in [5, 5.41) is 4.03. The van der Waals surface area contributed by atoms with E-state index in [1.165, 1.54) is 12.7 Å². The van der Waals surface area contributed by atoms with E-state index in [9.17, 15) is 4.79 Å². The van der Waals surface area contributed by atoms with Crippen molar-refractivity contribution in [3.05, 3.63) is 83.9 Å². The first-order chi connectivity index (χ1) is 14.6. The number of aromatic nitrogens is 2. The van der Waals surface area contributed by atoms with E-state index in [-0.39, 0.29) is 24.5 Å². The lowest BCUT2D eigenvalue weighted by atomic mass is 10.0. The third-order valence-electron chi connectivity index (χ3n) is 5.38. The summed E-state index contributed by atoms with van der Waals surface area (Å²) in [4.78, 5) is 18.4. The first-order valence-electron chi connectivity index (χ1n) is 9.87. The van der Waals surface area contributed by atoms with Gasteiger partial charge < -0.3 is 19.5 Å². The lowest BCUT2D eigenvalue weighted by Crippen LogP contribution is -2.32. The first-order valence-corrected chi connectivity index (χ1v) is 10.3. The van der Waals surface area contributed by atoms with Crippen molar-refractivity contribution >= 4 is 23.3 Å². The molecule has 2 aromatic heterocycles. The van der Waals surface area contributed by atoms with Crippen LogP contribution >= 0.6 is 12.2 Å². The smallest absolute Gasteiger partial charge is 0.307 e. The maximum Gasteiger partial charge on any atom is 0.307 e. The van der Waals surface area contributed by atoms with Gasteiger partial charge in [0.25, 0.3) is 0 Å². The monoisotopic (exact) mass is 420 g/mol. The van der Waals surface area contributed by atoms with Crippen molar-refractivity contribution in [2.75, 3.05) is 13.7 Å². The number of carbonyl (C=O) groups is 1. The minimum atomic E-state index is -0.258. The van der Waals surface area contributed by atoms with E-state index >= 15 is 0 Å². The van der Waals surface area contributed by atoms with Gasteiger partial charge in [0.15, 0.2) is 5.11 Å². The fourth-order valence-electron chi connectivity index (χ4n) is 3.86. The molecule has 1 aromatic carbocycles. The van der Waals surface area contributed by atoms with Gasteiger partial charge in [-0.15, -0.1) is 0 Å². The maximum atomic E-state index is 11.8. The second-order valence-electron chi connectivity index (χ2n) is 7.28. The number of rotatable bonds is 6. The maximum absolute atomic E-state index is 11.8. The van der Waals surface area contributed by atoms with Crippen molar-refractivity contribution in [2.45, 2.75) is 25.4 Å². The van der Waals surface area contributed by atoms with Crippen LogP contribution in [0.25, 0.3) is 5.69 Å². The highest BCUT2D eigenvalue weighted by atomic mass is 32.1. The van der Waals surface area contributed by atoms with Gasteiger partial charge in [-0.05, 0) is 55.5 Å². The van der Waals surface area contributed by atoms with Gasteiger partial charge in [-0.2, -0.15) is 0 Å². The molecular formula is C23H24N4O2S. The van der Waals surface area contributed by atoms with Crippen molar-refractivity contribution in [1.82, 2.24) is 19.8 Å². The van der Waals surface area contributed by atoms with Gasteiger partial charge in [-0.3, -0.25) is 9.78 Å². The van der Waals surface area contributed by atoms with E-state index in [0.29, 0.717) is 11.7 Å². The van der Waals surface area contributed by atoms with E-state index in [4.69, 9.17) is 17.0 Å². The largest absolute Gasteiger partial charge is 0.469 e. The van der Waals surface area contributed by atoms with Crippen LogP contribution in [0.15, 0.2) is 67.0 Å². The molecule has 4 rings (SSSR count). The molecule has 0 amide bonds. The number of carbonyl (C=O) groups excluding carboxylic acids is 1. The Morgan fingerprint density at radius 1 is 1.17 bits per heavy atom. The molecule has 1 fully saturated rings. The third-order valence-corrected chi connectivity index (χ3v) is 5.73. The summed E-state index contributed by atoms with van der Waals surface area (Å²) in [5.41, 5.74) is 4.27. The highest BCUT2D eigenvalue weighted by Gasteiger charge is 2.41. The summed E-state index contributed by atoms with van der Waals surface area (Å²) < 4.78 is 7.01. The molecule has 3 heterocycles. The van der Waals surface area contributed by atoms with E-state index < -0.39 is 0 Å². The molecule has 7 heteroatoms. The molecule has 0 bridgehead atoms. The number of methoxy groups -OCH3 is 1. The topological polar surface area (TPSA) is 59.4 Å². The van der Waals surface area contributed by atoms with Crippen molar-refractivity contribution in [3.63, 3.8) is 0 Å². The summed E-state index contributed by atoms with van der Waals surface area (Å²) in [6.07, 6.45) is 4.09. The van der Waals surface area contributed by atoms with E-state index in [1.807, 2.05) is 24.3 Å². The molecule has 3 aromatic rings. The van der Waals surface area contributed by atoms with Crippen molar-refractivity contribution in [3.8, 4) is 5.69 Å². The van der Waals surface area contributed by atoms with Gasteiger partial charge >= 0.3 is 5.97 Å². The van der Waals surface area contributed by atoms with Crippen LogP contribution in [0.3, 0.4) is 0 Å². The number of hydrogen-bond acceptors (Lipinski definition) is 4. The molecule has 1 saturated heterocycles. The van der Waals surface area contributed by atoms with Crippen LogP contribution < -0.4 is 5.32 Å². The highest BCUT2D eigenvalue weighted by Crippen LogP contribution is 2.39. The third kappa shape index (κ3) is 3.93. The average molecular weight is 421 g/mol. The van der Waals surface area contributed by atoms with Crippen LogP contribution in [0.5, 0.6) is 0 Å². The van der Waals surface area contributed by atoms with Crippen LogP contribution in [0, 0.1) is 6.92 Å². The van der Waals surface area contributed by atoms with Crippen molar-refractivity contribution in [2.24, 2.45) is 0 Å². The molecule has 6 nitrogen and oxygen atoms in total. The predicted molar refractivity (Wildman–Crippen MR) is 119 cm³/mol. The van der Waals surface area contributed by atoms with Crippen LogP contribution in [-0.2, 0) is 9.53 Å². The summed E-state index contributed by atoms with van der Waals surface area (Å²) >= 11 is 5.66. The molecule has 1 N–H and O–H groups in total. The molecule has 154 valence electrons. The van der Waals surface area contributed by atoms with Gasteiger partial charge in [0.1, 0.15) is 0 Å². The molecule has 1 aliphatic rings. The number of esters is 1. The fourth-order valence-corrected chi connectivity index (χ4v) is 4.19. The van der Waals surface area contributed by atoms with Crippen molar-refractivity contribution < 1.29 is 9.53 Å². The van der Waals surface area contributed by atoms with Gasteiger partial charge in [0.2, 0.25) is 0 Å². The van der Waals surface area contributed by atoms with Gasteiger partial charge in [0, 0.05) is 30.3 Å². The summed E-state index contributed by atoms with van der Waals surface area (Å²) in [6, 6.07) is 18.2. The molecule has 0 unspecified atom stereocenters. The normalized spacial score (nSPS) is 18.3. The van der Waals surface area contributed by atoms with Gasteiger partial charge in [0.05, 0.1) is 31.3 Å². The lowest BCUT2D eigenvalue weighted by molar-refractivity contribution is -0.140. The molecule has 0 aliphatic carbocycles. The zero-order valence-corrected chi connectivity index (χ0v) is 17.8. The number of thiocarbonyl (C=S) groups is 1. The average Bonchev–Trinajstić information content (AvgIpc) is 3.37. The van der Waals surface area contributed by atoms with Crippen molar-refractivity contribution in [1.29, 1.82) is 0 Å². The summed E-state index contributed by atoms with van der Waals surface area (Å²) in [5.74, 6) is -0.258. The molecular weight excluding hydrogens is 396 g/mol. The van der Waals surface area contributed by atoms with Gasteiger partial charge in [-0.25, -0.2) is 0 Å². The Morgan fingerprint density at radius 3 is 2.67 bits per heavy atom. The Kier molecular flexibility index (Phi) is 5.81. The number of pyridine rings is 1. The Bertz CT molecular complexity index is 1030. The first kappa shape index (κ1) is 20.1. The van der Waals surface area contributed by atoms with Crippen LogP contribution in [-0.4, -0.2) is 39.2 Å². The van der Waals surface area contributed by atoms with Crippen LogP contribution in [0.4, 0.5) is 0 Å². The standard InChI is InChI=1S/C23H24N4O2S/c1-16-8-10-17(11-9-16)26-14-5-7-19(26)22-21(18-6-3-4-13-24-18)25-23(30)27(22)15-12-20(28)29-2/h3-11,13-14,21-22H,12,15H2,1-2H3,(H,25,30)/t21-,22-/m0/s1. The van der Waals surface area contributed by atoms with E-state index in [0.717, 1.165) is 17.1 Å². The quantitative estimate of drug-likeness (QED) is 0.485. The molecule has 2 atom stereocenters. The molecule has 0 spiro atoms. The predicted octanol–water partition coefficient (Wildman–Crippen LogP) is 3.72. The minimum absolute atomic E-state index is 0.117. The molecule has 1 aliphatic heterocycles. The zero-order valence-electron chi connectivity index (χ0n) is 17.0. The van der Waals surface area contributed by atoms with Crippen LogP contribution in [0.2, 0.25) is 0 Å². The van der Waals surface area contributed by atoms with Gasteiger partial charge in [-0.1, -0.05) is 23.8 Å². The zero-order chi connectivity index (χ0) is 21.1. The van der Waals surface area contributed by atoms with E-state index in [2.05, 4.69) is 63.2 Å². The van der Waals surface area contributed by atoms with E-state index in [1.54, 1.807) is 6.20 Å². The molecule has 0 radical (unpaired) electrons. The van der Waals surface area contributed by atoms with Crippen LogP contribution in [0.1, 0.15) is 35.5 Å². The summed E-state index contributed by atoms with van der Waals surface area (Å²) in [7, 11) is 1.40. The lowest BCUT2D eigenvalue weighted by Gasteiger charge is -2.28. The Labute approximate surface area is 181 Å². The number of benzene rings is 1. The second-order valence-corrected chi connectivity index (χ2v) is 7.67. The number of hydrogen-bond donors (Lipinski definition) is 1.